The predicted octanol–water partition coefficient (Wildman–Crippen LogP) is 2.79. The molecule has 1 aliphatic heterocycles. The average molecular weight is 340 g/mol. The third-order valence-electron chi connectivity index (χ3n) is 4.45. The van der Waals surface area contributed by atoms with Crippen molar-refractivity contribution in [2.75, 3.05) is 13.1 Å². The predicted molar refractivity (Wildman–Crippen MR) is 93.6 cm³/mol. The molecule has 130 valence electrons. The maximum atomic E-state index is 13.5. The van der Waals surface area contributed by atoms with E-state index in [0.29, 0.717) is 31.5 Å². The molecule has 0 radical (unpaired) electrons. The van der Waals surface area contributed by atoms with E-state index in [2.05, 4.69) is 5.32 Å². The van der Waals surface area contributed by atoms with Crippen LogP contribution in [0.2, 0.25) is 0 Å². The fraction of sp³-hybridized carbons (Fsp3) is 0.300. The van der Waals surface area contributed by atoms with Gasteiger partial charge in [0.05, 0.1) is 6.04 Å². The molecule has 0 aliphatic carbocycles. The van der Waals surface area contributed by atoms with Gasteiger partial charge in [0.2, 0.25) is 5.91 Å². The van der Waals surface area contributed by atoms with Crippen LogP contribution in [0.4, 0.5) is 4.39 Å². The highest BCUT2D eigenvalue weighted by Crippen LogP contribution is 2.17. The minimum absolute atomic E-state index is 0.0929. The largest absolute Gasteiger partial charge is 0.350 e. The minimum Gasteiger partial charge on any atom is -0.350 e. The van der Waals surface area contributed by atoms with Gasteiger partial charge < -0.3 is 10.2 Å². The lowest BCUT2D eigenvalue weighted by molar-refractivity contribution is -0.129. The van der Waals surface area contributed by atoms with E-state index < -0.39 is 0 Å². The van der Waals surface area contributed by atoms with E-state index in [0.717, 1.165) is 12.0 Å². The number of halogens is 1. The maximum absolute atomic E-state index is 13.5. The van der Waals surface area contributed by atoms with E-state index in [1.165, 1.54) is 12.1 Å². The van der Waals surface area contributed by atoms with Gasteiger partial charge >= 0.3 is 0 Å². The number of nitrogens with zero attached hydrogens (tertiary/aromatic N) is 1. The van der Waals surface area contributed by atoms with Crippen LogP contribution < -0.4 is 5.32 Å². The molecule has 1 atom stereocenters. The summed E-state index contributed by atoms with van der Waals surface area (Å²) in [4.78, 5) is 26.2. The number of hydrogen-bond acceptors (Lipinski definition) is 2. The molecule has 4 nitrogen and oxygen atoms in total. The number of benzene rings is 2. The number of likely N-dealkylation sites (tertiary alicyclic amines) is 1. The van der Waals surface area contributed by atoms with Gasteiger partial charge in [-0.3, -0.25) is 9.59 Å². The highest BCUT2D eigenvalue weighted by Gasteiger charge is 2.28. The van der Waals surface area contributed by atoms with Crippen LogP contribution in [0.5, 0.6) is 0 Å². The van der Waals surface area contributed by atoms with Gasteiger partial charge in [0.1, 0.15) is 5.82 Å². The summed E-state index contributed by atoms with van der Waals surface area (Å²) in [5.41, 5.74) is 1.40. The van der Waals surface area contributed by atoms with Gasteiger partial charge in [-0.2, -0.15) is 0 Å². The zero-order valence-electron chi connectivity index (χ0n) is 14.0. The van der Waals surface area contributed by atoms with Gasteiger partial charge in [0.15, 0.2) is 0 Å². The first kappa shape index (κ1) is 17.1. The Morgan fingerprint density at radius 2 is 1.96 bits per heavy atom. The van der Waals surface area contributed by atoms with Crippen molar-refractivity contribution in [1.82, 2.24) is 10.2 Å². The Bertz CT molecular complexity index is 748. The molecule has 1 fully saturated rings. The van der Waals surface area contributed by atoms with Gasteiger partial charge in [-0.25, -0.2) is 4.39 Å². The van der Waals surface area contributed by atoms with Gasteiger partial charge in [-0.05, 0) is 42.7 Å². The summed E-state index contributed by atoms with van der Waals surface area (Å²) < 4.78 is 13.5. The summed E-state index contributed by atoms with van der Waals surface area (Å²) >= 11 is 0. The smallest absolute Gasteiger partial charge is 0.251 e. The normalized spacial score (nSPS) is 15.2. The van der Waals surface area contributed by atoms with E-state index in [1.807, 2.05) is 24.3 Å². The number of carbonyl (C=O) groups excluding carboxylic acids is 2. The standard InChI is InChI=1S/C20H21FN2O2/c21-17-9-4-6-15(12-17)13-18(23-11-5-10-19(23)24)14-22-20(25)16-7-2-1-3-8-16/h1-4,6-9,12,18H,5,10-11,13-14H2,(H,22,25). The summed E-state index contributed by atoms with van der Waals surface area (Å²) in [7, 11) is 0. The molecule has 0 aromatic heterocycles. The number of carbonyl (C=O) groups is 2. The van der Waals surface area contributed by atoms with Crippen LogP contribution in [-0.4, -0.2) is 35.8 Å². The van der Waals surface area contributed by atoms with E-state index in [4.69, 9.17) is 0 Å². The molecule has 0 bridgehead atoms. The molecule has 1 N–H and O–H groups in total. The third-order valence-corrected chi connectivity index (χ3v) is 4.45. The van der Waals surface area contributed by atoms with Crippen molar-refractivity contribution < 1.29 is 14.0 Å². The van der Waals surface area contributed by atoms with Crippen molar-refractivity contribution >= 4 is 11.8 Å². The second kappa shape index (κ2) is 7.92. The van der Waals surface area contributed by atoms with Crippen LogP contribution >= 0.6 is 0 Å². The quantitative estimate of drug-likeness (QED) is 0.879. The molecule has 1 unspecified atom stereocenters. The van der Waals surface area contributed by atoms with Crippen LogP contribution in [0.3, 0.4) is 0 Å². The van der Waals surface area contributed by atoms with Crippen molar-refractivity contribution in [3.63, 3.8) is 0 Å². The highest BCUT2D eigenvalue weighted by molar-refractivity contribution is 5.94. The molecular formula is C20H21FN2O2. The van der Waals surface area contributed by atoms with Crippen molar-refractivity contribution in [1.29, 1.82) is 0 Å². The van der Waals surface area contributed by atoms with Crippen molar-refractivity contribution in [3.8, 4) is 0 Å². The molecule has 2 amide bonds. The fourth-order valence-electron chi connectivity index (χ4n) is 3.19. The Balaban J connectivity index is 1.70. The summed E-state index contributed by atoms with van der Waals surface area (Å²) in [6, 6.07) is 15.2. The molecule has 1 saturated heterocycles. The van der Waals surface area contributed by atoms with Gasteiger partial charge in [-0.1, -0.05) is 30.3 Å². The molecule has 1 heterocycles. The summed E-state index contributed by atoms with van der Waals surface area (Å²) in [5.74, 6) is -0.371. The second-order valence-corrected chi connectivity index (χ2v) is 6.25. The maximum Gasteiger partial charge on any atom is 0.251 e. The van der Waals surface area contributed by atoms with E-state index >= 15 is 0 Å². The fourth-order valence-corrected chi connectivity index (χ4v) is 3.19. The summed E-state index contributed by atoms with van der Waals surface area (Å²) in [6.07, 6.45) is 1.87. The first-order chi connectivity index (χ1) is 12.1. The van der Waals surface area contributed by atoms with Gasteiger partial charge in [0, 0.05) is 25.1 Å². The zero-order valence-corrected chi connectivity index (χ0v) is 14.0. The summed E-state index contributed by atoms with van der Waals surface area (Å²) in [5, 5.41) is 2.90. The summed E-state index contributed by atoms with van der Waals surface area (Å²) in [6.45, 7) is 1.02. The molecule has 3 rings (SSSR count). The Hall–Kier alpha value is -2.69. The number of amides is 2. The Morgan fingerprint density at radius 3 is 2.64 bits per heavy atom. The lowest BCUT2D eigenvalue weighted by Gasteiger charge is -2.28. The minimum atomic E-state index is -0.294. The second-order valence-electron chi connectivity index (χ2n) is 6.25. The molecule has 25 heavy (non-hydrogen) atoms. The van der Waals surface area contributed by atoms with Crippen molar-refractivity contribution in [2.24, 2.45) is 0 Å². The van der Waals surface area contributed by atoms with Crippen molar-refractivity contribution in [2.45, 2.75) is 25.3 Å². The lowest BCUT2D eigenvalue weighted by atomic mass is 10.0. The van der Waals surface area contributed by atoms with Crippen LogP contribution in [0.25, 0.3) is 0 Å². The zero-order chi connectivity index (χ0) is 17.6. The van der Waals surface area contributed by atoms with E-state index in [-0.39, 0.29) is 23.7 Å². The van der Waals surface area contributed by atoms with Gasteiger partial charge in [-0.15, -0.1) is 0 Å². The molecule has 1 aliphatic rings. The monoisotopic (exact) mass is 340 g/mol. The SMILES string of the molecule is O=C(NCC(Cc1cccc(F)c1)N1CCCC1=O)c1ccccc1. The van der Waals surface area contributed by atoms with Crippen LogP contribution in [0.1, 0.15) is 28.8 Å². The van der Waals surface area contributed by atoms with Crippen LogP contribution in [0, 0.1) is 5.82 Å². The molecule has 2 aromatic carbocycles. The number of hydrogen-bond donors (Lipinski definition) is 1. The number of nitrogens with one attached hydrogen (secondary N) is 1. The first-order valence-corrected chi connectivity index (χ1v) is 8.50. The first-order valence-electron chi connectivity index (χ1n) is 8.50. The van der Waals surface area contributed by atoms with Crippen molar-refractivity contribution in [3.05, 3.63) is 71.5 Å². The van der Waals surface area contributed by atoms with Gasteiger partial charge in [0.25, 0.3) is 5.91 Å². The topological polar surface area (TPSA) is 49.4 Å². The molecule has 0 spiro atoms. The Kier molecular flexibility index (Phi) is 5.43. The van der Waals surface area contributed by atoms with E-state index in [1.54, 1.807) is 23.1 Å². The number of rotatable bonds is 6. The van der Waals surface area contributed by atoms with Crippen LogP contribution in [-0.2, 0) is 11.2 Å². The Morgan fingerprint density at radius 1 is 1.16 bits per heavy atom. The van der Waals surface area contributed by atoms with Crippen LogP contribution in [0.15, 0.2) is 54.6 Å². The Labute approximate surface area is 146 Å². The third kappa shape index (κ3) is 4.44. The molecule has 5 heteroatoms. The van der Waals surface area contributed by atoms with E-state index in [9.17, 15) is 14.0 Å². The molecule has 2 aromatic rings. The molecular weight excluding hydrogens is 319 g/mol. The highest BCUT2D eigenvalue weighted by atomic mass is 19.1. The average Bonchev–Trinajstić information content (AvgIpc) is 3.05. The molecule has 0 saturated carbocycles. The lowest BCUT2D eigenvalue weighted by Crippen LogP contribution is -2.45.